The smallest absolute Gasteiger partial charge is 0.261 e. The fourth-order valence-electron chi connectivity index (χ4n) is 2.35. The van der Waals surface area contributed by atoms with E-state index in [-0.39, 0.29) is 16.8 Å². The van der Waals surface area contributed by atoms with Gasteiger partial charge in [0.2, 0.25) is 4.74 Å². The minimum atomic E-state index is -0.201. The van der Waals surface area contributed by atoms with Crippen molar-refractivity contribution < 1.29 is 9.53 Å². The van der Waals surface area contributed by atoms with Crippen molar-refractivity contribution in [3.05, 3.63) is 44.7 Å². The van der Waals surface area contributed by atoms with Crippen LogP contribution < -0.4 is 10.1 Å². The molecule has 4 nitrogen and oxygen atoms in total. The number of benzene rings is 1. The molecule has 1 aromatic heterocycles. The highest BCUT2D eigenvalue weighted by Crippen LogP contribution is 2.15. The molecule has 1 aliphatic heterocycles. The molecule has 1 N–H and O–H groups in total. The molecule has 0 spiro atoms. The number of carbonyl (C=O) groups is 1. The van der Waals surface area contributed by atoms with E-state index in [0.29, 0.717) is 16.8 Å². The third-order valence-electron chi connectivity index (χ3n) is 3.41. The maximum absolute atomic E-state index is 12.1. The standard InChI is InChI=1S/C15H15NO3S/c17-14(16-9-11-5-3-7-19-11)13-8-10-4-1-2-6-12(10)15(18)20-13/h1-2,4,6,8,11H,3,5,7,9H2,(H,16,17). The van der Waals surface area contributed by atoms with Crippen LogP contribution in [0.5, 0.6) is 0 Å². The highest BCUT2D eigenvalue weighted by atomic mass is 32.1. The van der Waals surface area contributed by atoms with E-state index in [9.17, 15) is 9.59 Å². The molecule has 2 heterocycles. The van der Waals surface area contributed by atoms with Gasteiger partial charge >= 0.3 is 0 Å². The molecule has 20 heavy (non-hydrogen) atoms. The summed E-state index contributed by atoms with van der Waals surface area (Å²) in [5.74, 6) is -0.201. The van der Waals surface area contributed by atoms with Gasteiger partial charge in [-0.15, -0.1) is 0 Å². The molecule has 1 saturated heterocycles. The van der Waals surface area contributed by atoms with E-state index in [1.807, 2.05) is 18.2 Å². The molecular formula is C15H15NO3S. The van der Waals surface area contributed by atoms with Crippen molar-refractivity contribution in [2.24, 2.45) is 0 Å². The molecule has 1 fully saturated rings. The molecule has 0 bridgehead atoms. The quantitative estimate of drug-likeness (QED) is 0.942. The number of ether oxygens (including phenoxy) is 1. The van der Waals surface area contributed by atoms with Crippen molar-refractivity contribution in [2.45, 2.75) is 18.9 Å². The van der Waals surface area contributed by atoms with Crippen LogP contribution in [0.2, 0.25) is 0 Å². The lowest BCUT2D eigenvalue weighted by atomic mass is 10.2. The van der Waals surface area contributed by atoms with Crippen LogP contribution >= 0.6 is 11.3 Å². The molecule has 5 heteroatoms. The summed E-state index contributed by atoms with van der Waals surface area (Å²) in [5, 5.41) is 4.30. The van der Waals surface area contributed by atoms with Crippen LogP contribution in [0, 0.1) is 0 Å². The Balaban J connectivity index is 1.79. The van der Waals surface area contributed by atoms with Crippen LogP contribution in [-0.2, 0) is 4.74 Å². The number of amides is 1. The zero-order chi connectivity index (χ0) is 13.9. The van der Waals surface area contributed by atoms with Gasteiger partial charge in [-0.3, -0.25) is 9.59 Å². The predicted molar refractivity (Wildman–Crippen MR) is 79.4 cm³/mol. The lowest BCUT2D eigenvalue weighted by Gasteiger charge is -2.10. The second kappa shape index (κ2) is 5.73. The number of fused-ring (bicyclic) bond motifs is 1. The van der Waals surface area contributed by atoms with Crippen molar-refractivity contribution in [2.75, 3.05) is 13.2 Å². The van der Waals surface area contributed by atoms with Crippen LogP contribution in [0.4, 0.5) is 0 Å². The molecule has 0 aliphatic carbocycles. The zero-order valence-electron chi connectivity index (χ0n) is 10.9. The Kier molecular flexibility index (Phi) is 3.80. The second-order valence-electron chi connectivity index (χ2n) is 4.83. The first-order valence-corrected chi connectivity index (χ1v) is 7.48. The second-order valence-corrected chi connectivity index (χ2v) is 5.85. The highest BCUT2D eigenvalue weighted by molar-refractivity contribution is 7.12. The van der Waals surface area contributed by atoms with Gasteiger partial charge in [-0.25, -0.2) is 0 Å². The molecule has 0 radical (unpaired) electrons. The molecular weight excluding hydrogens is 274 g/mol. The Labute approximate surface area is 120 Å². The molecule has 2 aromatic rings. The third-order valence-corrected chi connectivity index (χ3v) is 4.34. The average Bonchev–Trinajstić information content (AvgIpc) is 2.98. The van der Waals surface area contributed by atoms with Crippen molar-refractivity contribution >= 4 is 28.0 Å². The molecule has 1 atom stereocenters. The molecule has 3 rings (SSSR count). The van der Waals surface area contributed by atoms with Gasteiger partial charge in [-0.2, -0.15) is 0 Å². The van der Waals surface area contributed by atoms with E-state index in [1.165, 1.54) is 0 Å². The predicted octanol–water partition coefficient (Wildman–Crippen LogP) is 2.17. The minimum absolute atomic E-state index is 0.0784. The van der Waals surface area contributed by atoms with Crippen molar-refractivity contribution in [1.82, 2.24) is 5.32 Å². The SMILES string of the molecule is O=C(NCC1CCCO1)c1cc2ccccc2c(=O)s1. The van der Waals surface area contributed by atoms with Crippen LogP contribution in [0.15, 0.2) is 35.1 Å². The number of hydrogen-bond donors (Lipinski definition) is 1. The normalized spacial score (nSPS) is 18.3. The van der Waals surface area contributed by atoms with Gasteiger partial charge in [-0.1, -0.05) is 29.5 Å². The fraction of sp³-hybridized carbons (Fsp3) is 0.333. The third kappa shape index (κ3) is 2.73. The Morgan fingerprint density at radius 1 is 1.40 bits per heavy atom. The molecule has 1 amide bonds. The summed E-state index contributed by atoms with van der Waals surface area (Å²) in [6.45, 7) is 1.27. The summed E-state index contributed by atoms with van der Waals surface area (Å²) in [6, 6.07) is 9.09. The molecule has 1 unspecified atom stereocenters. The molecule has 1 aromatic carbocycles. The maximum Gasteiger partial charge on any atom is 0.261 e. The summed E-state index contributed by atoms with van der Waals surface area (Å²) < 4.78 is 5.38. The number of rotatable bonds is 3. The van der Waals surface area contributed by atoms with E-state index in [4.69, 9.17) is 4.74 Å². The van der Waals surface area contributed by atoms with Crippen LogP contribution in [-0.4, -0.2) is 25.2 Å². The summed E-state index contributed by atoms with van der Waals surface area (Å²) in [6.07, 6.45) is 2.13. The fourth-order valence-corrected chi connectivity index (χ4v) is 3.19. The molecule has 104 valence electrons. The van der Waals surface area contributed by atoms with Crippen molar-refractivity contribution in [3.8, 4) is 0 Å². The van der Waals surface area contributed by atoms with E-state index in [2.05, 4.69) is 5.32 Å². The Hall–Kier alpha value is -1.72. The first kappa shape index (κ1) is 13.3. The number of nitrogens with one attached hydrogen (secondary N) is 1. The first-order chi connectivity index (χ1) is 9.74. The Morgan fingerprint density at radius 2 is 2.25 bits per heavy atom. The summed E-state index contributed by atoms with van der Waals surface area (Å²) >= 11 is 0.989. The van der Waals surface area contributed by atoms with Crippen LogP contribution in [0.25, 0.3) is 10.8 Å². The highest BCUT2D eigenvalue weighted by Gasteiger charge is 2.17. The Morgan fingerprint density at radius 3 is 3.05 bits per heavy atom. The summed E-state index contributed by atoms with van der Waals surface area (Å²) in [5.41, 5.74) is 0. The van der Waals surface area contributed by atoms with Gasteiger partial charge in [0, 0.05) is 18.5 Å². The van der Waals surface area contributed by atoms with Gasteiger partial charge in [0.1, 0.15) is 0 Å². The number of hydrogen-bond acceptors (Lipinski definition) is 4. The van der Waals surface area contributed by atoms with Crippen LogP contribution in [0.3, 0.4) is 0 Å². The minimum Gasteiger partial charge on any atom is -0.376 e. The van der Waals surface area contributed by atoms with Gasteiger partial charge in [0.05, 0.1) is 11.0 Å². The average molecular weight is 289 g/mol. The number of carbonyl (C=O) groups excluding carboxylic acids is 1. The Bertz CT molecular complexity index is 689. The van der Waals surface area contributed by atoms with E-state index < -0.39 is 0 Å². The summed E-state index contributed by atoms with van der Waals surface area (Å²) in [7, 11) is 0. The van der Waals surface area contributed by atoms with Gasteiger partial charge in [0.25, 0.3) is 5.91 Å². The molecule has 1 aliphatic rings. The van der Waals surface area contributed by atoms with E-state index >= 15 is 0 Å². The van der Waals surface area contributed by atoms with Crippen LogP contribution in [0.1, 0.15) is 22.5 Å². The summed E-state index contributed by atoms with van der Waals surface area (Å²) in [4.78, 5) is 24.5. The van der Waals surface area contributed by atoms with Gasteiger partial charge in [0.15, 0.2) is 0 Å². The van der Waals surface area contributed by atoms with Gasteiger partial charge < -0.3 is 10.1 Å². The van der Waals surface area contributed by atoms with Gasteiger partial charge in [-0.05, 0) is 30.4 Å². The lowest BCUT2D eigenvalue weighted by molar-refractivity contribution is 0.0861. The largest absolute Gasteiger partial charge is 0.376 e. The zero-order valence-corrected chi connectivity index (χ0v) is 11.7. The van der Waals surface area contributed by atoms with Crippen molar-refractivity contribution in [3.63, 3.8) is 0 Å². The van der Waals surface area contributed by atoms with E-state index in [0.717, 1.165) is 36.2 Å². The van der Waals surface area contributed by atoms with Crippen molar-refractivity contribution in [1.29, 1.82) is 0 Å². The maximum atomic E-state index is 12.1. The van der Waals surface area contributed by atoms with E-state index in [1.54, 1.807) is 12.1 Å². The first-order valence-electron chi connectivity index (χ1n) is 6.67. The lowest BCUT2D eigenvalue weighted by Crippen LogP contribution is -2.31. The monoisotopic (exact) mass is 289 g/mol. The molecule has 0 saturated carbocycles. The topological polar surface area (TPSA) is 55.4 Å².